The molecule has 0 aromatic heterocycles. The number of methoxy groups -OCH3 is 1. The molecule has 31 heavy (non-hydrogen) atoms. The normalized spacial score (nSPS) is 13.0. The molecule has 0 saturated carbocycles. The summed E-state index contributed by atoms with van der Waals surface area (Å²) < 4.78 is 11.0. The number of alkyl halides is 1. The van der Waals surface area contributed by atoms with E-state index in [1.165, 1.54) is 0 Å². The third-order valence-corrected chi connectivity index (χ3v) is 5.95. The van der Waals surface area contributed by atoms with E-state index in [4.69, 9.17) is 21.1 Å². The number of hydrogen-bond donors (Lipinski definition) is 0. The number of carbonyl (C=O) groups excluding carboxylic acids is 1. The van der Waals surface area contributed by atoms with E-state index in [2.05, 4.69) is 15.9 Å². The molecular formula is C26H22BrClO3. The molecule has 1 aliphatic rings. The number of hydrogen-bond acceptors (Lipinski definition) is 3. The maximum absolute atomic E-state index is 13.7. The molecule has 5 heteroatoms. The van der Waals surface area contributed by atoms with E-state index < -0.39 is 0 Å². The highest BCUT2D eigenvalue weighted by molar-refractivity contribution is 9.09. The van der Waals surface area contributed by atoms with Crippen molar-refractivity contribution in [2.45, 2.75) is 12.8 Å². The fraction of sp³-hybridized carbons (Fsp3) is 0.192. The lowest BCUT2D eigenvalue weighted by molar-refractivity contribution is 0.105. The van der Waals surface area contributed by atoms with Crippen molar-refractivity contribution in [1.82, 2.24) is 0 Å². The number of allylic oxidation sites excluding steroid dienone is 2. The van der Waals surface area contributed by atoms with Gasteiger partial charge in [0.1, 0.15) is 11.5 Å². The van der Waals surface area contributed by atoms with Crippen LogP contribution in [0.1, 0.15) is 33.5 Å². The molecule has 0 unspecified atom stereocenters. The molecule has 0 N–H and O–H groups in total. The van der Waals surface area contributed by atoms with Crippen LogP contribution in [-0.2, 0) is 6.42 Å². The van der Waals surface area contributed by atoms with Gasteiger partial charge in [-0.15, -0.1) is 0 Å². The first-order chi connectivity index (χ1) is 15.1. The molecule has 0 bridgehead atoms. The summed E-state index contributed by atoms with van der Waals surface area (Å²) in [6.45, 7) is 0.576. The molecule has 3 nitrogen and oxygen atoms in total. The van der Waals surface area contributed by atoms with E-state index in [9.17, 15) is 4.79 Å². The van der Waals surface area contributed by atoms with Crippen molar-refractivity contribution in [2.75, 3.05) is 19.0 Å². The summed E-state index contributed by atoms with van der Waals surface area (Å²) in [5, 5.41) is 1.41. The predicted octanol–water partition coefficient (Wildman–Crippen LogP) is 6.86. The number of benzene rings is 3. The van der Waals surface area contributed by atoms with Crippen molar-refractivity contribution >= 4 is 44.5 Å². The van der Waals surface area contributed by atoms with Crippen LogP contribution in [0.3, 0.4) is 0 Å². The first-order valence-corrected chi connectivity index (χ1v) is 11.6. The molecule has 0 spiro atoms. The third kappa shape index (κ3) is 4.70. The Morgan fingerprint density at radius 3 is 2.48 bits per heavy atom. The molecule has 0 aliphatic heterocycles. The minimum atomic E-state index is -0.00636. The van der Waals surface area contributed by atoms with Gasteiger partial charge in [0.2, 0.25) is 0 Å². The maximum Gasteiger partial charge on any atom is 0.193 e. The van der Waals surface area contributed by atoms with Gasteiger partial charge in [0.05, 0.1) is 13.7 Å². The van der Waals surface area contributed by atoms with Crippen molar-refractivity contribution in [3.05, 3.63) is 94.0 Å². The smallest absolute Gasteiger partial charge is 0.193 e. The molecule has 3 aromatic carbocycles. The van der Waals surface area contributed by atoms with Gasteiger partial charge >= 0.3 is 0 Å². The van der Waals surface area contributed by atoms with Crippen molar-refractivity contribution in [1.29, 1.82) is 0 Å². The summed E-state index contributed by atoms with van der Waals surface area (Å²) >= 11 is 9.62. The average molecular weight is 498 g/mol. The monoisotopic (exact) mass is 496 g/mol. The van der Waals surface area contributed by atoms with E-state index in [0.717, 1.165) is 57.5 Å². The van der Waals surface area contributed by atoms with E-state index in [0.29, 0.717) is 17.2 Å². The average Bonchev–Trinajstić information content (AvgIpc) is 2.81. The summed E-state index contributed by atoms with van der Waals surface area (Å²) in [4.78, 5) is 13.7. The number of ketones is 1. The summed E-state index contributed by atoms with van der Waals surface area (Å²) in [6, 6.07) is 21.0. The van der Waals surface area contributed by atoms with Gasteiger partial charge in [-0.25, -0.2) is 0 Å². The van der Waals surface area contributed by atoms with Gasteiger partial charge in [-0.1, -0.05) is 45.7 Å². The summed E-state index contributed by atoms with van der Waals surface area (Å²) in [7, 11) is 1.66. The summed E-state index contributed by atoms with van der Waals surface area (Å²) in [5.74, 6) is 1.53. The van der Waals surface area contributed by atoms with Gasteiger partial charge in [0.25, 0.3) is 0 Å². The van der Waals surface area contributed by atoms with Crippen molar-refractivity contribution in [3.63, 3.8) is 0 Å². The van der Waals surface area contributed by atoms with Gasteiger partial charge in [-0.05, 0) is 83.6 Å². The van der Waals surface area contributed by atoms with Crippen molar-refractivity contribution in [3.8, 4) is 11.5 Å². The third-order valence-electron chi connectivity index (χ3n) is 5.39. The Bertz CT molecular complexity index is 1140. The topological polar surface area (TPSA) is 35.5 Å². The Morgan fingerprint density at radius 1 is 1.00 bits per heavy atom. The minimum Gasteiger partial charge on any atom is -0.497 e. The largest absolute Gasteiger partial charge is 0.497 e. The molecule has 0 amide bonds. The van der Waals surface area contributed by atoms with Crippen LogP contribution in [0.15, 0.2) is 66.7 Å². The maximum atomic E-state index is 13.7. The number of carbonyl (C=O) groups is 1. The summed E-state index contributed by atoms with van der Waals surface area (Å²) in [6.07, 6.45) is 1.60. The Hall–Kier alpha value is -2.56. The minimum absolute atomic E-state index is 0.00636. The highest BCUT2D eigenvalue weighted by atomic mass is 79.9. The molecule has 158 valence electrons. The standard InChI is InChI=1S/C26H22BrClO3/c1-30-22-10-12-24-19(16-22)7-11-23(18-3-2-4-20(28)15-18)25(24)26(29)17-5-8-21(9-6-17)31-14-13-27/h2-6,8-10,12,15-16H,7,11,13-14H2,1H3. The van der Waals surface area contributed by atoms with Gasteiger partial charge in [0, 0.05) is 21.5 Å². The van der Waals surface area contributed by atoms with Crippen LogP contribution in [0, 0.1) is 0 Å². The second-order valence-corrected chi connectivity index (χ2v) is 8.51. The predicted molar refractivity (Wildman–Crippen MR) is 130 cm³/mol. The number of rotatable bonds is 7. The molecule has 0 saturated heterocycles. The van der Waals surface area contributed by atoms with E-state index >= 15 is 0 Å². The Balaban J connectivity index is 1.81. The number of halogens is 2. The molecule has 4 rings (SSSR count). The molecule has 0 atom stereocenters. The Kier molecular flexibility index (Phi) is 6.79. The Morgan fingerprint density at radius 2 is 1.77 bits per heavy atom. The molecule has 0 radical (unpaired) electrons. The van der Waals surface area contributed by atoms with E-state index in [-0.39, 0.29) is 5.78 Å². The van der Waals surface area contributed by atoms with Gasteiger partial charge < -0.3 is 9.47 Å². The van der Waals surface area contributed by atoms with Crippen LogP contribution in [0.25, 0.3) is 11.1 Å². The SMILES string of the molecule is COc1ccc2c(c1)CCC(c1cccc(Cl)c1)=C2C(=O)c1ccc(OCCBr)cc1. The van der Waals surface area contributed by atoms with Gasteiger partial charge in [0.15, 0.2) is 5.78 Å². The van der Waals surface area contributed by atoms with Crippen LogP contribution in [-0.4, -0.2) is 24.8 Å². The molecule has 0 fully saturated rings. The lowest BCUT2D eigenvalue weighted by atomic mass is 9.79. The van der Waals surface area contributed by atoms with Crippen LogP contribution in [0.2, 0.25) is 5.02 Å². The van der Waals surface area contributed by atoms with Crippen molar-refractivity contribution in [2.24, 2.45) is 0 Å². The van der Waals surface area contributed by atoms with Crippen LogP contribution in [0.5, 0.6) is 11.5 Å². The first kappa shape index (κ1) is 21.7. The summed E-state index contributed by atoms with van der Waals surface area (Å²) in [5.41, 5.74) is 5.42. The van der Waals surface area contributed by atoms with Crippen molar-refractivity contribution < 1.29 is 14.3 Å². The van der Waals surface area contributed by atoms with Crippen LogP contribution in [0.4, 0.5) is 0 Å². The molecule has 1 aliphatic carbocycles. The number of aryl methyl sites for hydroxylation is 1. The highest BCUT2D eigenvalue weighted by Gasteiger charge is 2.26. The lowest BCUT2D eigenvalue weighted by Crippen LogP contribution is -2.13. The van der Waals surface area contributed by atoms with Gasteiger partial charge in [-0.3, -0.25) is 4.79 Å². The highest BCUT2D eigenvalue weighted by Crippen LogP contribution is 2.40. The van der Waals surface area contributed by atoms with Crippen LogP contribution >= 0.6 is 27.5 Å². The number of ether oxygens (including phenoxy) is 2. The fourth-order valence-electron chi connectivity index (χ4n) is 3.92. The second kappa shape index (κ2) is 9.71. The number of fused-ring (bicyclic) bond motifs is 1. The zero-order valence-electron chi connectivity index (χ0n) is 17.2. The van der Waals surface area contributed by atoms with Crippen LogP contribution < -0.4 is 9.47 Å². The zero-order chi connectivity index (χ0) is 21.8. The number of Topliss-reactive ketones (excluding diaryl/α,β-unsaturated/α-hetero) is 1. The van der Waals surface area contributed by atoms with E-state index in [1.807, 2.05) is 66.7 Å². The van der Waals surface area contributed by atoms with E-state index in [1.54, 1.807) is 7.11 Å². The van der Waals surface area contributed by atoms with Gasteiger partial charge in [-0.2, -0.15) is 0 Å². The first-order valence-electron chi connectivity index (χ1n) is 10.1. The molecule has 0 heterocycles. The Labute approximate surface area is 195 Å². The second-order valence-electron chi connectivity index (χ2n) is 7.28. The molecular weight excluding hydrogens is 476 g/mol. The quantitative estimate of drug-likeness (QED) is 0.264. The lowest BCUT2D eigenvalue weighted by Gasteiger charge is -2.24. The fourth-order valence-corrected chi connectivity index (χ4v) is 4.27. The molecule has 3 aromatic rings. The zero-order valence-corrected chi connectivity index (χ0v) is 19.5.